The first kappa shape index (κ1) is 16.5. The SMILES string of the molecule is Nc1ccc(C(=O)N[C@@H](c2cnc3ccccc3c2)C2CC(O)C2)cn1. The van der Waals surface area contributed by atoms with Crippen LogP contribution < -0.4 is 11.1 Å². The number of amides is 1. The molecular weight excluding hydrogens is 328 g/mol. The highest BCUT2D eigenvalue weighted by molar-refractivity contribution is 5.94. The molecule has 1 aliphatic carbocycles. The number of carbonyl (C=O) groups excluding carboxylic acids is 1. The molecule has 26 heavy (non-hydrogen) atoms. The molecule has 0 aliphatic heterocycles. The largest absolute Gasteiger partial charge is 0.393 e. The molecule has 6 heteroatoms. The van der Waals surface area contributed by atoms with Gasteiger partial charge in [-0.05, 0) is 48.6 Å². The summed E-state index contributed by atoms with van der Waals surface area (Å²) in [6, 6.07) is 13.0. The molecule has 2 heterocycles. The minimum atomic E-state index is -0.300. The van der Waals surface area contributed by atoms with Crippen LogP contribution in [0, 0.1) is 5.92 Å². The Morgan fingerprint density at radius 3 is 2.69 bits per heavy atom. The van der Waals surface area contributed by atoms with Crippen LogP contribution in [-0.2, 0) is 0 Å². The van der Waals surface area contributed by atoms with Gasteiger partial charge in [-0.2, -0.15) is 0 Å². The average molecular weight is 348 g/mol. The molecule has 1 fully saturated rings. The van der Waals surface area contributed by atoms with Crippen molar-refractivity contribution >= 4 is 22.6 Å². The van der Waals surface area contributed by atoms with Crippen molar-refractivity contribution in [3.63, 3.8) is 0 Å². The Morgan fingerprint density at radius 2 is 1.96 bits per heavy atom. The van der Waals surface area contributed by atoms with Crippen LogP contribution in [0.15, 0.2) is 54.9 Å². The number of para-hydroxylation sites is 1. The molecule has 0 radical (unpaired) electrons. The summed E-state index contributed by atoms with van der Waals surface area (Å²) in [7, 11) is 0. The van der Waals surface area contributed by atoms with E-state index in [4.69, 9.17) is 5.73 Å². The number of carbonyl (C=O) groups is 1. The minimum Gasteiger partial charge on any atom is -0.393 e. The van der Waals surface area contributed by atoms with E-state index in [1.807, 2.05) is 24.3 Å². The van der Waals surface area contributed by atoms with Gasteiger partial charge in [0.25, 0.3) is 5.91 Å². The van der Waals surface area contributed by atoms with Crippen molar-refractivity contribution in [2.75, 3.05) is 5.73 Å². The van der Waals surface area contributed by atoms with Crippen molar-refractivity contribution in [2.24, 2.45) is 5.92 Å². The number of aromatic nitrogens is 2. The summed E-state index contributed by atoms with van der Waals surface area (Å²) in [4.78, 5) is 21.1. The molecule has 0 spiro atoms. The van der Waals surface area contributed by atoms with Gasteiger partial charge < -0.3 is 16.2 Å². The van der Waals surface area contributed by atoms with E-state index >= 15 is 0 Å². The quantitative estimate of drug-likeness (QED) is 0.672. The highest BCUT2D eigenvalue weighted by atomic mass is 16.3. The number of anilines is 1. The highest BCUT2D eigenvalue weighted by Crippen LogP contribution is 2.38. The number of hydrogen-bond donors (Lipinski definition) is 3. The normalized spacial score (nSPS) is 20.3. The predicted molar refractivity (Wildman–Crippen MR) is 99.3 cm³/mol. The Hall–Kier alpha value is -2.99. The number of nitrogens with two attached hydrogens (primary N) is 1. The number of aliphatic hydroxyl groups is 1. The third-order valence-electron chi connectivity index (χ3n) is 4.93. The van der Waals surface area contributed by atoms with Gasteiger partial charge in [0.15, 0.2) is 0 Å². The fourth-order valence-corrected chi connectivity index (χ4v) is 3.40. The van der Waals surface area contributed by atoms with Gasteiger partial charge in [0, 0.05) is 17.8 Å². The van der Waals surface area contributed by atoms with Crippen molar-refractivity contribution in [3.8, 4) is 0 Å². The summed E-state index contributed by atoms with van der Waals surface area (Å²) < 4.78 is 0. The van der Waals surface area contributed by atoms with Crippen LogP contribution in [0.25, 0.3) is 10.9 Å². The lowest BCUT2D eigenvalue weighted by Crippen LogP contribution is -2.41. The van der Waals surface area contributed by atoms with Crippen molar-refractivity contribution in [3.05, 3.63) is 66.0 Å². The number of aliphatic hydroxyl groups excluding tert-OH is 1. The van der Waals surface area contributed by atoms with Gasteiger partial charge in [-0.1, -0.05) is 18.2 Å². The van der Waals surface area contributed by atoms with Gasteiger partial charge in [0.1, 0.15) is 5.82 Å². The molecule has 0 unspecified atom stereocenters. The standard InChI is InChI=1S/C20H20N4O2/c21-18-6-5-13(10-23-18)20(26)24-19(14-8-16(25)9-14)15-7-12-3-1-2-4-17(12)22-11-15/h1-7,10-11,14,16,19,25H,8-9H2,(H2,21,23)(H,24,26)/t14?,16?,19-/m1/s1. The lowest BCUT2D eigenvalue weighted by atomic mass is 9.75. The Bertz CT molecular complexity index is 936. The number of rotatable bonds is 4. The van der Waals surface area contributed by atoms with Crippen LogP contribution in [0.4, 0.5) is 5.82 Å². The number of pyridine rings is 2. The maximum absolute atomic E-state index is 12.7. The minimum absolute atomic E-state index is 0.179. The molecule has 1 amide bonds. The van der Waals surface area contributed by atoms with E-state index < -0.39 is 0 Å². The van der Waals surface area contributed by atoms with Crippen LogP contribution in [0.5, 0.6) is 0 Å². The molecule has 132 valence electrons. The van der Waals surface area contributed by atoms with Gasteiger partial charge >= 0.3 is 0 Å². The number of benzene rings is 1. The molecule has 1 aliphatic rings. The van der Waals surface area contributed by atoms with Crippen LogP contribution >= 0.6 is 0 Å². The second-order valence-electron chi connectivity index (χ2n) is 6.77. The van der Waals surface area contributed by atoms with Gasteiger partial charge in [0.05, 0.1) is 23.2 Å². The molecule has 1 atom stereocenters. The van der Waals surface area contributed by atoms with E-state index in [0.29, 0.717) is 24.2 Å². The van der Waals surface area contributed by atoms with Crippen LogP contribution in [-0.4, -0.2) is 27.1 Å². The molecule has 0 saturated heterocycles. The maximum Gasteiger partial charge on any atom is 0.253 e. The average Bonchev–Trinajstić information content (AvgIpc) is 2.64. The second-order valence-corrected chi connectivity index (χ2v) is 6.77. The fraction of sp³-hybridized carbons (Fsp3) is 0.250. The molecule has 4 N–H and O–H groups in total. The van der Waals surface area contributed by atoms with Gasteiger partial charge in [-0.15, -0.1) is 0 Å². The summed E-state index contributed by atoms with van der Waals surface area (Å²) in [6.07, 6.45) is 4.30. The summed E-state index contributed by atoms with van der Waals surface area (Å²) in [5, 5.41) is 13.8. The molecule has 0 bridgehead atoms. The van der Waals surface area contributed by atoms with Crippen molar-refractivity contribution in [1.82, 2.24) is 15.3 Å². The Morgan fingerprint density at radius 1 is 1.15 bits per heavy atom. The molecule has 6 nitrogen and oxygen atoms in total. The summed E-state index contributed by atoms with van der Waals surface area (Å²) in [5.74, 6) is 0.342. The first-order valence-corrected chi connectivity index (χ1v) is 8.65. The molecule has 1 saturated carbocycles. The predicted octanol–water partition coefficient (Wildman–Crippen LogP) is 2.45. The van der Waals surface area contributed by atoms with E-state index in [-0.39, 0.29) is 24.0 Å². The van der Waals surface area contributed by atoms with Gasteiger partial charge in [-0.3, -0.25) is 9.78 Å². The van der Waals surface area contributed by atoms with E-state index in [1.165, 1.54) is 6.20 Å². The van der Waals surface area contributed by atoms with E-state index in [2.05, 4.69) is 21.4 Å². The molecular formula is C20H20N4O2. The topological polar surface area (TPSA) is 101 Å². The third kappa shape index (κ3) is 3.23. The zero-order valence-electron chi connectivity index (χ0n) is 14.2. The molecule has 4 rings (SSSR count). The van der Waals surface area contributed by atoms with Gasteiger partial charge in [-0.25, -0.2) is 4.98 Å². The van der Waals surface area contributed by atoms with Crippen LogP contribution in [0.2, 0.25) is 0 Å². The summed E-state index contributed by atoms with van der Waals surface area (Å²) >= 11 is 0. The summed E-state index contributed by atoms with van der Waals surface area (Å²) in [5.41, 5.74) is 7.90. The first-order chi connectivity index (χ1) is 12.6. The van der Waals surface area contributed by atoms with E-state index in [1.54, 1.807) is 18.3 Å². The second kappa shape index (κ2) is 6.72. The first-order valence-electron chi connectivity index (χ1n) is 8.65. The lowest BCUT2D eigenvalue weighted by Gasteiger charge is -2.38. The van der Waals surface area contributed by atoms with Crippen LogP contribution in [0.1, 0.15) is 34.8 Å². The number of nitrogens with zero attached hydrogens (tertiary/aromatic N) is 2. The maximum atomic E-state index is 12.7. The highest BCUT2D eigenvalue weighted by Gasteiger charge is 2.36. The van der Waals surface area contributed by atoms with Crippen molar-refractivity contribution in [2.45, 2.75) is 25.0 Å². The summed E-state index contributed by atoms with van der Waals surface area (Å²) in [6.45, 7) is 0. The Balaban J connectivity index is 1.63. The number of nitrogens with one attached hydrogen (secondary N) is 1. The van der Waals surface area contributed by atoms with E-state index in [0.717, 1.165) is 16.5 Å². The lowest BCUT2D eigenvalue weighted by molar-refractivity contribution is 0.0235. The number of fused-ring (bicyclic) bond motifs is 1. The zero-order valence-corrected chi connectivity index (χ0v) is 14.2. The third-order valence-corrected chi connectivity index (χ3v) is 4.93. The molecule has 1 aromatic carbocycles. The monoisotopic (exact) mass is 348 g/mol. The smallest absolute Gasteiger partial charge is 0.253 e. The molecule has 2 aromatic heterocycles. The Labute approximate surface area is 151 Å². The fourth-order valence-electron chi connectivity index (χ4n) is 3.40. The number of nitrogen functional groups attached to an aromatic ring is 1. The van der Waals surface area contributed by atoms with Crippen molar-refractivity contribution in [1.29, 1.82) is 0 Å². The van der Waals surface area contributed by atoms with Gasteiger partial charge in [0.2, 0.25) is 0 Å². The van der Waals surface area contributed by atoms with E-state index in [9.17, 15) is 9.90 Å². The number of hydrogen-bond acceptors (Lipinski definition) is 5. The van der Waals surface area contributed by atoms with Crippen LogP contribution in [0.3, 0.4) is 0 Å². The Kier molecular flexibility index (Phi) is 4.26. The van der Waals surface area contributed by atoms with Crippen molar-refractivity contribution < 1.29 is 9.90 Å². The molecule has 3 aromatic rings. The zero-order chi connectivity index (χ0) is 18.1.